The number of nitrogens with zero attached hydrogens (tertiary/aromatic N) is 2. The van der Waals surface area contributed by atoms with Gasteiger partial charge in [0.05, 0.1) is 5.56 Å². The van der Waals surface area contributed by atoms with Crippen LogP contribution in [0.1, 0.15) is 28.8 Å². The minimum atomic E-state index is -0.492. The van der Waals surface area contributed by atoms with Gasteiger partial charge in [0, 0.05) is 31.0 Å². The van der Waals surface area contributed by atoms with Crippen molar-refractivity contribution in [2.45, 2.75) is 19.3 Å². The quantitative estimate of drug-likeness (QED) is 0.637. The first-order valence-corrected chi connectivity index (χ1v) is 10.3. The third-order valence-electron chi connectivity index (χ3n) is 5.55. The molecule has 1 fully saturated rings. The maximum Gasteiger partial charge on any atom is 0.338 e. The van der Waals surface area contributed by atoms with E-state index in [1.165, 1.54) is 5.56 Å². The molecule has 0 unspecified atom stereocenters. The lowest BCUT2D eigenvalue weighted by Crippen LogP contribution is -2.41. The molecule has 1 aliphatic heterocycles. The van der Waals surface area contributed by atoms with Gasteiger partial charge in [-0.2, -0.15) is 0 Å². The van der Waals surface area contributed by atoms with Gasteiger partial charge in [0.25, 0.3) is 5.91 Å². The zero-order valence-corrected chi connectivity index (χ0v) is 16.8. The number of carbonyl (C=O) groups is 2. The highest BCUT2D eigenvalue weighted by atomic mass is 16.5. The number of carbonyl (C=O) groups excluding carboxylic acids is 2. The highest BCUT2D eigenvalue weighted by Gasteiger charge is 2.23. The molecule has 0 spiro atoms. The molecule has 1 aromatic heterocycles. The van der Waals surface area contributed by atoms with Gasteiger partial charge in [0.2, 0.25) is 0 Å². The van der Waals surface area contributed by atoms with E-state index >= 15 is 0 Å². The second kappa shape index (κ2) is 9.39. The smallest absolute Gasteiger partial charge is 0.338 e. The summed E-state index contributed by atoms with van der Waals surface area (Å²) in [6, 6.07) is 17.4. The Kier molecular flexibility index (Phi) is 6.23. The molecule has 0 bridgehead atoms. The standard InChI is InChI=1S/C24H25N3O3/c28-22(27-14-10-19(11-15-27)16-18-4-2-1-3-5-18)17-30-24(29)21-8-6-20(7-9-21)23-25-12-13-26-23/h1-9,12-13,19H,10-11,14-17H2,(H,25,26). The molecule has 0 atom stereocenters. The normalized spacial score (nSPS) is 14.5. The van der Waals surface area contributed by atoms with Crippen LogP contribution in [0.4, 0.5) is 0 Å². The highest BCUT2D eigenvalue weighted by molar-refractivity contribution is 5.91. The first kappa shape index (κ1) is 19.9. The first-order chi connectivity index (χ1) is 14.7. The number of piperidine rings is 1. The molecule has 154 valence electrons. The van der Waals surface area contributed by atoms with Crippen LogP contribution in [0.2, 0.25) is 0 Å². The van der Waals surface area contributed by atoms with Crippen molar-refractivity contribution in [1.82, 2.24) is 14.9 Å². The van der Waals surface area contributed by atoms with Gasteiger partial charge in [-0.25, -0.2) is 9.78 Å². The molecule has 0 saturated carbocycles. The van der Waals surface area contributed by atoms with Crippen molar-refractivity contribution in [3.05, 3.63) is 78.1 Å². The number of rotatable bonds is 6. The Morgan fingerprint density at radius 1 is 1.03 bits per heavy atom. The van der Waals surface area contributed by atoms with Gasteiger partial charge in [0.1, 0.15) is 5.82 Å². The SMILES string of the molecule is O=C(OCC(=O)N1CCC(Cc2ccccc2)CC1)c1ccc(-c2ncc[nH]2)cc1. The molecule has 1 amide bonds. The van der Waals surface area contributed by atoms with E-state index in [1.807, 2.05) is 6.07 Å². The Morgan fingerprint density at radius 3 is 2.43 bits per heavy atom. The molecule has 0 aliphatic carbocycles. The van der Waals surface area contributed by atoms with Crippen molar-refractivity contribution in [1.29, 1.82) is 0 Å². The fraction of sp³-hybridized carbons (Fsp3) is 0.292. The second-order valence-corrected chi connectivity index (χ2v) is 7.61. The largest absolute Gasteiger partial charge is 0.452 e. The summed E-state index contributed by atoms with van der Waals surface area (Å²) in [7, 11) is 0. The van der Waals surface area contributed by atoms with Gasteiger partial charge in [-0.3, -0.25) is 4.79 Å². The maximum absolute atomic E-state index is 12.4. The van der Waals surface area contributed by atoms with Gasteiger partial charge >= 0.3 is 5.97 Å². The maximum atomic E-state index is 12.4. The van der Waals surface area contributed by atoms with E-state index in [9.17, 15) is 9.59 Å². The number of hydrogen-bond acceptors (Lipinski definition) is 4. The summed E-state index contributed by atoms with van der Waals surface area (Å²) in [6.07, 6.45) is 6.42. The Labute approximate surface area is 175 Å². The zero-order valence-electron chi connectivity index (χ0n) is 16.8. The average Bonchev–Trinajstić information content (AvgIpc) is 3.34. The van der Waals surface area contributed by atoms with Crippen LogP contribution in [0.25, 0.3) is 11.4 Å². The van der Waals surface area contributed by atoms with Crippen molar-refractivity contribution in [3.63, 3.8) is 0 Å². The Bertz CT molecular complexity index is 961. The summed E-state index contributed by atoms with van der Waals surface area (Å²) < 4.78 is 5.24. The topological polar surface area (TPSA) is 75.3 Å². The molecule has 6 nitrogen and oxygen atoms in total. The fourth-order valence-corrected chi connectivity index (χ4v) is 3.82. The summed E-state index contributed by atoms with van der Waals surface area (Å²) in [5.41, 5.74) is 2.64. The van der Waals surface area contributed by atoms with Crippen LogP contribution >= 0.6 is 0 Å². The van der Waals surface area contributed by atoms with Crippen molar-refractivity contribution in [3.8, 4) is 11.4 Å². The molecule has 0 radical (unpaired) electrons. The Balaban J connectivity index is 1.22. The second-order valence-electron chi connectivity index (χ2n) is 7.61. The molecule has 30 heavy (non-hydrogen) atoms. The van der Waals surface area contributed by atoms with Crippen molar-refractivity contribution in [2.24, 2.45) is 5.92 Å². The molecular formula is C24H25N3O3. The van der Waals surface area contributed by atoms with Crippen molar-refractivity contribution < 1.29 is 14.3 Å². The van der Waals surface area contributed by atoms with E-state index in [4.69, 9.17) is 4.74 Å². The third kappa shape index (κ3) is 4.95. The van der Waals surface area contributed by atoms with Crippen molar-refractivity contribution >= 4 is 11.9 Å². The molecule has 1 saturated heterocycles. The van der Waals surface area contributed by atoms with Crippen LogP contribution in [-0.4, -0.2) is 46.4 Å². The molecule has 1 aliphatic rings. The number of benzene rings is 2. The molecule has 3 aromatic rings. The number of nitrogens with one attached hydrogen (secondary N) is 1. The number of hydrogen-bond donors (Lipinski definition) is 1. The number of esters is 1. The number of aromatic amines is 1. The van der Waals surface area contributed by atoms with Gasteiger partial charge in [0.15, 0.2) is 6.61 Å². The summed E-state index contributed by atoms with van der Waals surface area (Å²) >= 11 is 0. The predicted molar refractivity (Wildman–Crippen MR) is 114 cm³/mol. The van der Waals surface area contributed by atoms with Crippen molar-refractivity contribution in [2.75, 3.05) is 19.7 Å². The van der Waals surface area contributed by atoms with Gasteiger partial charge in [-0.1, -0.05) is 42.5 Å². The van der Waals surface area contributed by atoms with E-state index in [1.54, 1.807) is 41.6 Å². The molecular weight excluding hydrogens is 378 g/mol. The summed E-state index contributed by atoms with van der Waals surface area (Å²) in [6.45, 7) is 1.21. The van der Waals surface area contributed by atoms with E-state index in [0.717, 1.165) is 30.7 Å². The number of likely N-dealkylation sites (tertiary alicyclic amines) is 1. The Morgan fingerprint density at radius 2 is 1.77 bits per heavy atom. The average molecular weight is 403 g/mol. The minimum absolute atomic E-state index is 0.131. The van der Waals surface area contributed by atoms with Crippen LogP contribution in [0.5, 0.6) is 0 Å². The van der Waals surface area contributed by atoms with Crippen LogP contribution < -0.4 is 0 Å². The number of ether oxygens (including phenoxy) is 1. The molecule has 6 heteroatoms. The van der Waals surface area contributed by atoms with Gasteiger partial charge in [-0.05, 0) is 42.9 Å². The molecule has 2 aromatic carbocycles. The lowest BCUT2D eigenvalue weighted by Gasteiger charge is -2.32. The van der Waals surface area contributed by atoms with Crippen LogP contribution in [0, 0.1) is 5.92 Å². The first-order valence-electron chi connectivity index (χ1n) is 10.3. The molecule has 2 heterocycles. The minimum Gasteiger partial charge on any atom is -0.452 e. The zero-order chi connectivity index (χ0) is 20.8. The van der Waals surface area contributed by atoms with Crippen LogP contribution in [0.15, 0.2) is 67.0 Å². The number of H-pyrrole nitrogens is 1. The third-order valence-corrected chi connectivity index (χ3v) is 5.55. The number of imidazole rings is 1. The monoisotopic (exact) mass is 403 g/mol. The Hall–Kier alpha value is -3.41. The number of amides is 1. The summed E-state index contributed by atoms with van der Waals surface area (Å²) in [5, 5.41) is 0. The van der Waals surface area contributed by atoms with E-state index in [2.05, 4.69) is 34.2 Å². The highest BCUT2D eigenvalue weighted by Crippen LogP contribution is 2.22. The summed E-state index contributed by atoms with van der Waals surface area (Å²) in [4.78, 5) is 33.7. The van der Waals surface area contributed by atoms with E-state index < -0.39 is 5.97 Å². The molecule has 1 N–H and O–H groups in total. The lowest BCUT2D eigenvalue weighted by atomic mass is 9.90. The van der Waals surface area contributed by atoms with Crippen LogP contribution in [-0.2, 0) is 16.0 Å². The lowest BCUT2D eigenvalue weighted by molar-refractivity contribution is -0.135. The van der Waals surface area contributed by atoms with E-state index in [-0.39, 0.29) is 12.5 Å². The number of aromatic nitrogens is 2. The van der Waals surface area contributed by atoms with Gasteiger partial charge in [-0.15, -0.1) is 0 Å². The molecule has 4 rings (SSSR count). The fourth-order valence-electron chi connectivity index (χ4n) is 3.82. The van der Waals surface area contributed by atoms with Gasteiger partial charge < -0.3 is 14.6 Å². The summed E-state index contributed by atoms with van der Waals surface area (Å²) in [5.74, 6) is 0.703. The van der Waals surface area contributed by atoms with Crippen LogP contribution in [0.3, 0.4) is 0 Å². The predicted octanol–water partition coefficient (Wildman–Crippen LogP) is 3.71. The van der Waals surface area contributed by atoms with E-state index in [0.29, 0.717) is 24.6 Å².